The summed E-state index contributed by atoms with van der Waals surface area (Å²) in [5.74, 6) is -0.348. The van der Waals surface area contributed by atoms with Crippen molar-refractivity contribution in [1.29, 1.82) is 10.5 Å². The van der Waals surface area contributed by atoms with Gasteiger partial charge in [0.05, 0.1) is 6.61 Å². The van der Waals surface area contributed by atoms with Crippen molar-refractivity contribution in [3.8, 4) is 12.1 Å². The van der Waals surface area contributed by atoms with Gasteiger partial charge < -0.3 is 9.84 Å². The summed E-state index contributed by atoms with van der Waals surface area (Å²) in [5, 5.41) is 25.6. The van der Waals surface area contributed by atoms with Crippen LogP contribution in [-0.4, -0.2) is 11.7 Å². The van der Waals surface area contributed by atoms with Crippen molar-refractivity contribution >= 4 is 0 Å². The number of hydrogen-bond acceptors (Lipinski definition) is 4. The van der Waals surface area contributed by atoms with Crippen LogP contribution in [0, 0.1) is 28.6 Å². The molecule has 0 bridgehead atoms. The van der Waals surface area contributed by atoms with Crippen LogP contribution in [0.15, 0.2) is 11.5 Å². The highest BCUT2D eigenvalue weighted by atomic mass is 16.6. The van der Waals surface area contributed by atoms with Crippen molar-refractivity contribution in [1.82, 2.24) is 0 Å². The van der Waals surface area contributed by atoms with Gasteiger partial charge in [0, 0.05) is 0 Å². The average molecular weight is 166 g/mol. The molecule has 4 heteroatoms. The fraction of sp³-hybridized carbons (Fsp3) is 0.500. The average Bonchev–Trinajstić information content (AvgIpc) is 2.03. The van der Waals surface area contributed by atoms with Gasteiger partial charge in [0.25, 0.3) is 0 Å². The Kier molecular flexibility index (Phi) is 4.33. The Hall–Kier alpha value is -1.68. The molecule has 0 aliphatic heterocycles. The van der Waals surface area contributed by atoms with Gasteiger partial charge in [-0.15, -0.1) is 0 Å². The van der Waals surface area contributed by atoms with Crippen molar-refractivity contribution in [2.75, 3.05) is 6.61 Å². The summed E-state index contributed by atoms with van der Waals surface area (Å²) in [6.45, 7) is 4.08. The molecule has 4 nitrogen and oxygen atoms in total. The molecule has 0 spiro atoms. The molecule has 0 aliphatic carbocycles. The molecule has 0 amide bonds. The van der Waals surface area contributed by atoms with E-state index in [1.54, 1.807) is 0 Å². The highest BCUT2D eigenvalue weighted by Gasteiger charge is 2.05. The molecule has 0 heterocycles. The SMILES string of the molecule is CC(C)COC(O)=C(C#N)C#N. The molecular formula is C8H10N2O2. The maximum Gasteiger partial charge on any atom is 0.306 e. The maximum absolute atomic E-state index is 8.97. The molecule has 0 saturated heterocycles. The van der Waals surface area contributed by atoms with Gasteiger partial charge in [-0.3, -0.25) is 0 Å². The molecule has 64 valence electrons. The van der Waals surface area contributed by atoms with Gasteiger partial charge in [0.1, 0.15) is 12.1 Å². The number of nitrogens with zero attached hydrogens (tertiary/aromatic N) is 2. The third-order valence-electron chi connectivity index (χ3n) is 0.991. The smallest absolute Gasteiger partial charge is 0.306 e. The van der Waals surface area contributed by atoms with E-state index in [1.165, 1.54) is 12.1 Å². The minimum atomic E-state index is -0.589. The lowest BCUT2D eigenvalue weighted by molar-refractivity contribution is 0.0750. The third kappa shape index (κ3) is 3.48. The Morgan fingerprint density at radius 2 is 1.92 bits per heavy atom. The van der Waals surface area contributed by atoms with E-state index < -0.39 is 11.5 Å². The van der Waals surface area contributed by atoms with Crippen LogP contribution in [-0.2, 0) is 4.74 Å². The number of rotatable bonds is 3. The van der Waals surface area contributed by atoms with E-state index in [2.05, 4.69) is 0 Å². The van der Waals surface area contributed by atoms with E-state index in [0.717, 1.165) is 0 Å². The van der Waals surface area contributed by atoms with Crippen molar-refractivity contribution in [3.05, 3.63) is 11.5 Å². The number of nitriles is 2. The van der Waals surface area contributed by atoms with E-state index >= 15 is 0 Å². The molecule has 0 aromatic rings. The van der Waals surface area contributed by atoms with Gasteiger partial charge in [-0.05, 0) is 5.92 Å². The molecule has 0 unspecified atom stereocenters. The molecule has 0 radical (unpaired) electrons. The Bertz CT molecular complexity index is 239. The quantitative estimate of drug-likeness (QED) is 0.508. The summed E-state index contributed by atoms with van der Waals surface area (Å²) in [4.78, 5) is 0. The van der Waals surface area contributed by atoms with Gasteiger partial charge in [0.15, 0.2) is 0 Å². The lowest BCUT2D eigenvalue weighted by atomic mass is 10.2. The molecule has 0 aliphatic rings. The summed E-state index contributed by atoms with van der Waals surface area (Å²) >= 11 is 0. The Morgan fingerprint density at radius 3 is 2.25 bits per heavy atom. The molecule has 1 N–H and O–H groups in total. The highest BCUT2D eigenvalue weighted by molar-refractivity contribution is 5.35. The normalized spacial score (nSPS) is 8.42. The van der Waals surface area contributed by atoms with Crippen LogP contribution >= 0.6 is 0 Å². The van der Waals surface area contributed by atoms with E-state index in [-0.39, 0.29) is 5.92 Å². The van der Waals surface area contributed by atoms with Crippen LogP contribution in [0.3, 0.4) is 0 Å². The minimum absolute atomic E-state index is 0.241. The predicted molar refractivity (Wildman–Crippen MR) is 41.7 cm³/mol. The number of ether oxygens (including phenoxy) is 1. The van der Waals surface area contributed by atoms with Crippen molar-refractivity contribution < 1.29 is 9.84 Å². The Labute approximate surface area is 71.3 Å². The Balaban J connectivity index is 4.20. The van der Waals surface area contributed by atoms with Crippen molar-refractivity contribution in [3.63, 3.8) is 0 Å². The number of hydrogen-bond donors (Lipinski definition) is 1. The second-order valence-corrected chi connectivity index (χ2v) is 2.61. The maximum atomic E-state index is 8.97. The first kappa shape index (κ1) is 10.3. The fourth-order valence-corrected chi connectivity index (χ4v) is 0.438. The Morgan fingerprint density at radius 1 is 1.42 bits per heavy atom. The molecule has 0 saturated carbocycles. The zero-order valence-corrected chi connectivity index (χ0v) is 7.03. The summed E-state index contributed by atoms with van der Waals surface area (Å²) < 4.78 is 4.74. The molecule has 0 fully saturated rings. The lowest BCUT2D eigenvalue weighted by Crippen LogP contribution is -2.02. The molecule has 0 atom stereocenters. The predicted octanol–water partition coefficient (Wildman–Crippen LogP) is 1.48. The molecular weight excluding hydrogens is 156 g/mol. The van der Waals surface area contributed by atoms with Crippen LogP contribution in [0.25, 0.3) is 0 Å². The van der Waals surface area contributed by atoms with Crippen LogP contribution in [0.4, 0.5) is 0 Å². The monoisotopic (exact) mass is 166 g/mol. The first-order valence-electron chi connectivity index (χ1n) is 3.48. The van der Waals surface area contributed by atoms with Crippen LogP contribution < -0.4 is 0 Å². The summed E-state index contributed by atoms with van der Waals surface area (Å²) in [6.07, 6.45) is 0. The van der Waals surface area contributed by atoms with E-state index in [4.69, 9.17) is 20.4 Å². The number of aliphatic hydroxyl groups excluding tert-OH is 1. The summed E-state index contributed by atoms with van der Waals surface area (Å²) in [7, 11) is 0. The molecule has 0 aromatic heterocycles. The van der Waals surface area contributed by atoms with Crippen LogP contribution in [0.1, 0.15) is 13.8 Å². The molecule has 12 heavy (non-hydrogen) atoms. The first-order chi connectivity index (χ1) is 5.61. The van der Waals surface area contributed by atoms with Gasteiger partial charge in [-0.2, -0.15) is 10.5 Å². The standard InChI is InChI=1S/C8H10N2O2/c1-6(2)5-12-8(11)7(3-9)4-10/h6,11H,5H2,1-2H3. The lowest BCUT2D eigenvalue weighted by Gasteiger charge is -2.05. The second kappa shape index (κ2) is 5.03. The van der Waals surface area contributed by atoms with Crippen LogP contribution in [0.5, 0.6) is 0 Å². The van der Waals surface area contributed by atoms with E-state index in [9.17, 15) is 0 Å². The minimum Gasteiger partial charge on any atom is -0.479 e. The highest BCUT2D eigenvalue weighted by Crippen LogP contribution is 2.03. The topological polar surface area (TPSA) is 77.0 Å². The van der Waals surface area contributed by atoms with E-state index in [0.29, 0.717) is 6.61 Å². The second-order valence-electron chi connectivity index (χ2n) is 2.61. The molecule has 0 aromatic carbocycles. The van der Waals surface area contributed by atoms with Gasteiger partial charge in [-0.1, -0.05) is 13.8 Å². The van der Waals surface area contributed by atoms with E-state index in [1.807, 2.05) is 13.8 Å². The van der Waals surface area contributed by atoms with Gasteiger partial charge in [0.2, 0.25) is 5.57 Å². The van der Waals surface area contributed by atoms with Gasteiger partial charge in [-0.25, -0.2) is 0 Å². The zero-order valence-electron chi connectivity index (χ0n) is 7.03. The zero-order chi connectivity index (χ0) is 9.56. The first-order valence-corrected chi connectivity index (χ1v) is 3.48. The van der Waals surface area contributed by atoms with Crippen molar-refractivity contribution in [2.24, 2.45) is 5.92 Å². The summed E-state index contributed by atoms with van der Waals surface area (Å²) in [6, 6.07) is 3.04. The van der Waals surface area contributed by atoms with Crippen LogP contribution in [0.2, 0.25) is 0 Å². The summed E-state index contributed by atoms with van der Waals surface area (Å²) in [5.41, 5.74) is -0.393. The fourth-order valence-electron chi connectivity index (χ4n) is 0.438. The largest absolute Gasteiger partial charge is 0.479 e. The number of aliphatic hydroxyl groups is 1. The van der Waals surface area contributed by atoms with Crippen molar-refractivity contribution in [2.45, 2.75) is 13.8 Å². The third-order valence-corrected chi connectivity index (χ3v) is 0.991. The molecule has 0 rings (SSSR count). The number of allylic oxidation sites excluding steroid dienone is 1. The van der Waals surface area contributed by atoms with Gasteiger partial charge >= 0.3 is 5.95 Å².